The average molecular weight is 378 g/mol. The third-order valence-electron chi connectivity index (χ3n) is 3.20. The van der Waals surface area contributed by atoms with Gasteiger partial charge in [-0.05, 0) is 57.4 Å². The molecule has 3 aromatic rings. The molecule has 0 spiro atoms. The molecule has 110 valence electrons. The van der Waals surface area contributed by atoms with Crippen molar-refractivity contribution in [2.75, 3.05) is 0 Å². The summed E-state index contributed by atoms with van der Waals surface area (Å²) in [6, 6.07) is 14.7. The van der Waals surface area contributed by atoms with Crippen molar-refractivity contribution in [2.24, 2.45) is 0 Å². The van der Waals surface area contributed by atoms with Gasteiger partial charge in [0, 0.05) is 22.6 Å². The lowest BCUT2D eigenvalue weighted by Gasteiger charge is -2.04. The topological polar surface area (TPSA) is 43.1 Å². The lowest BCUT2D eigenvalue weighted by molar-refractivity contribution is -0.384. The van der Waals surface area contributed by atoms with Gasteiger partial charge >= 0.3 is 0 Å². The Morgan fingerprint density at radius 2 is 1.59 bits per heavy atom. The van der Waals surface area contributed by atoms with E-state index < -0.39 is 4.92 Å². The summed E-state index contributed by atoms with van der Waals surface area (Å²) < 4.78 is 14.0. The zero-order valence-corrected chi connectivity index (χ0v) is 13.5. The molecule has 0 aliphatic carbocycles. The molecule has 0 aliphatic heterocycles. The maximum atomic E-state index is 13.1. The molecule has 22 heavy (non-hydrogen) atoms. The van der Waals surface area contributed by atoms with E-state index in [0.29, 0.717) is 0 Å². The number of nitro benzene ring substituents is 1. The zero-order chi connectivity index (χ0) is 15.7. The van der Waals surface area contributed by atoms with Crippen LogP contribution in [0.3, 0.4) is 0 Å². The first-order chi connectivity index (χ1) is 10.5. The average Bonchev–Trinajstić information content (AvgIpc) is 2.90. The van der Waals surface area contributed by atoms with Gasteiger partial charge < -0.3 is 0 Å². The number of halogens is 2. The normalized spacial score (nSPS) is 10.6. The monoisotopic (exact) mass is 377 g/mol. The number of rotatable bonds is 3. The summed E-state index contributed by atoms with van der Waals surface area (Å²) in [5.41, 5.74) is 2.80. The molecule has 3 rings (SSSR count). The number of hydrogen-bond donors (Lipinski definition) is 0. The van der Waals surface area contributed by atoms with Crippen LogP contribution in [-0.2, 0) is 0 Å². The Morgan fingerprint density at radius 1 is 1.00 bits per heavy atom. The number of non-ortho nitro benzene ring substituents is 1. The van der Waals surface area contributed by atoms with E-state index in [2.05, 4.69) is 15.9 Å². The lowest BCUT2D eigenvalue weighted by atomic mass is 10.0. The first-order valence-electron chi connectivity index (χ1n) is 6.35. The van der Waals surface area contributed by atoms with Gasteiger partial charge in [-0.3, -0.25) is 10.1 Å². The van der Waals surface area contributed by atoms with Crippen LogP contribution in [-0.4, -0.2) is 4.92 Å². The fraction of sp³-hybridized carbons (Fsp3) is 0. The van der Waals surface area contributed by atoms with Crippen molar-refractivity contribution >= 4 is 33.0 Å². The van der Waals surface area contributed by atoms with Crippen LogP contribution in [0.1, 0.15) is 0 Å². The molecule has 0 atom stereocenters. The first kappa shape index (κ1) is 14.9. The molecule has 0 radical (unpaired) electrons. The first-order valence-corrected chi connectivity index (χ1v) is 7.95. The highest BCUT2D eigenvalue weighted by atomic mass is 79.9. The fourth-order valence-electron chi connectivity index (χ4n) is 2.15. The van der Waals surface area contributed by atoms with Crippen molar-refractivity contribution in [2.45, 2.75) is 0 Å². The van der Waals surface area contributed by atoms with Crippen LogP contribution in [0.25, 0.3) is 21.6 Å². The van der Waals surface area contributed by atoms with E-state index in [0.717, 1.165) is 25.4 Å². The highest BCUT2D eigenvalue weighted by Gasteiger charge is 2.13. The van der Waals surface area contributed by atoms with Crippen LogP contribution in [0.5, 0.6) is 0 Å². The fourth-order valence-corrected chi connectivity index (χ4v) is 3.78. The highest BCUT2D eigenvalue weighted by molar-refractivity contribution is 9.11. The molecular weight excluding hydrogens is 369 g/mol. The van der Waals surface area contributed by atoms with Crippen molar-refractivity contribution in [3.63, 3.8) is 0 Å². The molecule has 1 heterocycles. The minimum Gasteiger partial charge on any atom is -0.258 e. The number of thiophene rings is 1. The maximum Gasteiger partial charge on any atom is 0.269 e. The molecule has 2 aromatic carbocycles. The summed E-state index contributed by atoms with van der Waals surface area (Å²) in [6.45, 7) is 0. The predicted molar refractivity (Wildman–Crippen MR) is 89.5 cm³/mol. The molecule has 0 unspecified atom stereocenters. The Morgan fingerprint density at radius 3 is 2.18 bits per heavy atom. The Bertz CT molecular complexity index is 828. The quantitative estimate of drug-likeness (QED) is 0.421. The van der Waals surface area contributed by atoms with Gasteiger partial charge in [-0.1, -0.05) is 12.1 Å². The standard InChI is InChI=1S/C16H9BrFNO2S/c17-15-9-14(10-3-7-13(8-4-10)19(20)21)16(22-15)11-1-5-12(18)6-2-11/h1-9H. The Hall–Kier alpha value is -2.05. The van der Waals surface area contributed by atoms with Crippen molar-refractivity contribution in [3.05, 3.63) is 74.3 Å². The molecule has 0 bridgehead atoms. The summed E-state index contributed by atoms with van der Waals surface area (Å²) in [6.07, 6.45) is 0. The summed E-state index contributed by atoms with van der Waals surface area (Å²) in [4.78, 5) is 11.3. The SMILES string of the molecule is O=[N+]([O-])c1ccc(-c2cc(Br)sc2-c2ccc(F)cc2)cc1. The van der Waals surface area contributed by atoms with Crippen LogP contribution in [0.4, 0.5) is 10.1 Å². The van der Waals surface area contributed by atoms with Gasteiger partial charge in [0.15, 0.2) is 0 Å². The van der Waals surface area contributed by atoms with E-state index in [1.165, 1.54) is 35.6 Å². The van der Waals surface area contributed by atoms with Crippen molar-refractivity contribution in [1.29, 1.82) is 0 Å². The number of hydrogen-bond acceptors (Lipinski definition) is 3. The number of nitro groups is 1. The molecule has 6 heteroatoms. The van der Waals surface area contributed by atoms with Gasteiger partial charge in [0.05, 0.1) is 8.71 Å². The Balaban J connectivity index is 2.07. The molecule has 0 N–H and O–H groups in total. The maximum absolute atomic E-state index is 13.1. The van der Waals surface area contributed by atoms with E-state index in [-0.39, 0.29) is 11.5 Å². The summed E-state index contributed by atoms with van der Waals surface area (Å²) in [7, 11) is 0. The summed E-state index contributed by atoms with van der Waals surface area (Å²) in [5, 5.41) is 10.7. The molecule has 3 nitrogen and oxygen atoms in total. The minimum absolute atomic E-state index is 0.0568. The Kier molecular flexibility index (Phi) is 4.04. The molecule has 0 fully saturated rings. The second kappa shape index (κ2) is 5.98. The molecule has 0 saturated heterocycles. The summed E-state index contributed by atoms with van der Waals surface area (Å²) >= 11 is 5.00. The van der Waals surface area contributed by atoms with E-state index in [9.17, 15) is 14.5 Å². The second-order valence-corrected chi connectivity index (χ2v) is 7.04. The van der Waals surface area contributed by atoms with Crippen molar-refractivity contribution < 1.29 is 9.31 Å². The summed E-state index contributed by atoms with van der Waals surface area (Å²) in [5.74, 6) is -0.281. The van der Waals surface area contributed by atoms with Crippen molar-refractivity contribution in [1.82, 2.24) is 0 Å². The minimum atomic E-state index is -0.422. The van der Waals surface area contributed by atoms with Gasteiger partial charge in [0.25, 0.3) is 5.69 Å². The van der Waals surface area contributed by atoms with Crippen LogP contribution < -0.4 is 0 Å². The predicted octanol–water partition coefficient (Wildman–Crippen LogP) is 5.89. The Labute approximate surface area is 138 Å². The van der Waals surface area contributed by atoms with Crippen LogP contribution in [0.2, 0.25) is 0 Å². The van der Waals surface area contributed by atoms with E-state index >= 15 is 0 Å². The van der Waals surface area contributed by atoms with Crippen LogP contribution in [0.15, 0.2) is 58.4 Å². The molecule has 1 aromatic heterocycles. The molecular formula is C16H9BrFNO2S. The van der Waals surface area contributed by atoms with Gasteiger partial charge in [-0.25, -0.2) is 4.39 Å². The largest absolute Gasteiger partial charge is 0.269 e. The second-order valence-electron chi connectivity index (χ2n) is 4.60. The zero-order valence-electron chi connectivity index (χ0n) is 11.1. The number of nitrogens with zero attached hydrogens (tertiary/aromatic N) is 1. The van der Waals surface area contributed by atoms with Gasteiger partial charge in [-0.2, -0.15) is 0 Å². The van der Waals surface area contributed by atoms with Gasteiger partial charge in [-0.15, -0.1) is 11.3 Å². The third kappa shape index (κ3) is 2.93. The molecule has 0 amide bonds. The van der Waals surface area contributed by atoms with Gasteiger partial charge in [0.1, 0.15) is 5.82 Å². The van der Waals surface area contributed by atoms with E-state index in [4.69, 9.17) is 0 Å². The van der Waals surface area contributed by atoms with Crippen molar-refractivity contribution in [3.8, 4) is 21.6 Å². The van der Waals surface area contributed by atoms with Crippen LogP contribution in [0, 0.1) is 15.9 Å². The van der Waals surface area contributed by atoms with Gasteiger partial charge in [0.2, 0.25) is 0 Å². The molecule has 0 aliphatic rings. The number of benzene rings is 2. The van der Waals surface area contributed by atoms with E-state index in [1.54, 1.807) is 24.3 Å². The van der Waals surface area contributed by atoms with E-state index in [1.807, 2.05) is 6.07 Å². The van der Waals surface area contributed by atoms with Crippen LogP contribution >= 0.6 is 27.3 Å². The third-order valence-corrected chi connectivity index (χ3v) is 4.88. The highest BCUT2D eigenvalue weighted by Crippen LogP contribution is 2.41. The lowest BCUT2D eigenvalue weighted by Crippen LogP contribution is -1.87. The molecule has 0 saturated carbocycles. The smallest absolute Gasteiger partial charge is 0.258 e.